The quantitative estimate of drug-likeness (QED) is 0.344. The Hall–Kier alpha value is -3.50. The van der Waals surface area contributed by atoms with Crippen molar-refractivity contribution in [2.75, 3.05) is 5.32 Å². The Morgan fingerprint density at radius 1 is 1.27 bits per heavy atom. The van der Waals surface area contributed by atoms with Crippen molar-refractivity contribution in [3.05, 3.63) is 75.1 Å². The Labute approximate surface area is 195 Å². The van der Waals surface area contributed by atoms with E-state index in [0.717, 1.165) is 11.3 Å². The molecule has 4 aromatic rings. The Kier molecular flexibility index (Phi) is 6.30. The van der Waals surface area contributed by atoms with Crippen molar-refractivity contribution in [2.24, 2.45) is 5.73 Å². The molecule has 170 valence electrons. The van der Waals surface area contributed by atoms with Crippen molar-refractivity contribution in [1.29, 1.82) is 0 Å². The molecule has 3 aromatic heterocycles. The van der Waals surface area contributed by atoms with Gasteiger partial charge in [-0.2, -0.15) is 0 Å². The van der Waals surface area contributed by atoms with E-state index in [1.165, 1.54) is 12.1 Å². The number of primary amides is 1. The van der Waals surface area contributed by atoms with Crippen LogP contribution >= 0.6 is 22.9 Å². The summed E-state index contributed by atoms with van der Waals surface area (Å²) in [5, 5.41) is 3.49. The number of hydrogen-bond acceptors (Lipinski definition) is 6. The molecular weight excluding hydrogens is 476 g/mol. The van der Waals surface area contributed by atoms with E-state index in [2.05, 4.69) is 10.3 Å². The van der Waals surface area contributed by atoms with Crippen LogP contribution < -0.4 is 15.8 Å². The number of halogens is 3. The molecule has 0 unspecified atom stereocenters. The largest absolute Gasteiger partial charge is 0.486 e. The van der Waals surface area contributed by atoms with Gasteiger partial charge in [-0.05, 0) is 48.9 Å². The zero-order valence-corrected chi connectivity index (χ0v) is 18.6. The summed E-state index contributed by atoms with van der Waals surface area (Å²) in [5.74, 6) is -0.592. The van der Waals surface area contributed by atoms with Gasteiger partial charge < -0.3 is 20.2 Å². The van der Waals surface area contributed by atoms with E-state index in [9.17, 15) is 18.4 Å². The molecule has 0 atom stereocenters. The summed E-state index contributed by atoms with van der Waals surface area (Å²) >= 11 is 6.75. The zero-order chi connectivity index (χ0) is 23.7. The number of benzene rings is 1. The maximum Gasteiger partial charge on any atom is 0.291 e. The van der Waals surface area contributed by atoms with Crippen LogP contribution in [0.25, 0.3) is 10.2 Å². The number of thiophene rings is 1. The summed E-state index contributed by atoms with van der Waals surface area (Å²) in [6, 6.07) is 11.0. The number of rotatable bonds is 7. The fraction of sp³-hybridized carbons (Fsp3) is 0.136. The topological polar surface area (TPSA) is 107 Å². The van der Waals surface area contributed by atoms with Gasteiger partial charge in [-0.1, -0.05) is 17.7 Å². The summed E-state index contributed by atoms with van der Waals surface area (Å²) in [6.07, 6.45) is -2.78. The van der Waals surface area contributed by atoms with Gasteiger partial charge in [0, 0.05) is 10.4 Å². The van der Waals surface area contributed by atoms with E-state index >= 15 is 0 Å². The Morgan fingerprint density at radius 3 is 2.76 bits per heavy atom. The van der Waals surface area contributed by atoms with Crippen molar-refractivity contribution in [1.82, 2.24) is 4.98 Å². The number of nitrogens with zero attached hydrogens (tertiary/aromatic N) is 1. The van der Waals surface area contributed by atoms with E-state index in [-0.39, 0.29) is 27.8 Å². The van der Waals surface area contributed by atoms with E-state index in [4.69, 9.17) is 26.5 Å². The molecule has 11 heteroatoms. The molecule has 33 heavy (non-hydrogen) atoms. The summed E-state index contributed by atoms with van der Waals surface area (Å²) < 4.78 is 37.4. The van der Waals surface area contributed by atoms with Gasteiger partial charge in [-0.3, -0.25) is 9.59 Å². The lowest BCUT2D eigenvalue weighted by molar-refractivity contribution is 0.0992. The first kappa shape index (κ1) is 22.7. The fourth-order valence-electron chi connectivity index (χ4n) is 3.18. The van der Waals surface area contributed by atoms with E-state index in [0.29, 0.717) is 27.5 Å². The summed E-state index contributed by atoms with van der Waals surface area (Å²) in [6.45, 7) is 1.64. The van der Waals surface area contributed by atoms with Gasteiger partial charge >= 0.3 is 0 Å². The molecule has 1 aromatic carbocycles. The minimum absolute atomic E-state index is 0.00330. The number of hydrogen-bond donors (Lipinski definition) is 2. The molecule has 0 spiro atoms. The molecule has 0 bridgehead atoms. The van der Waals surface area contributed by atoms with Crippen molar-refractivity contribution in [2.45, 2.75) is 20.0 Å². The van der Waals surface area contributed by atoms with Gasteiger partial charge in [-0.15, -0.1) is 11.3 Å². The number of anilines is 1. The second-order valence-corrected chi connectivity index (χ2v) is 8.42. The number of amides is 2. The molecular formula is C22H16ClF2N3O4S. The average molecular weight is 492 g/mol. The number of nitrogens with two attached hydrogens (primary N) is 1. The maximum absolute atomic E-state index is 13.1. The van der Waals surface area contributed by atoms with E-state index < -0.39 is 23.9 Å². The molecule has 0 saturated carbocycles. The predicted molar refractivity (Wildman–Crippen MR) is 120 cm³/mol. The lowest BCUT2D eigenvalue weighted by atomic mass is 10.1. The third-order valence-electron chi connectivity index (χ3n) is 4.63. The second kappa shape index (κ2) is 9.16. The molecule has 0 aliphatic heterocycles. The Bertz CT molecular complexity index is 1370. The van der Waals surface area contributed by atoms with Gasteiger partial charge in [0.1, 0.15) is 33.5 Å². The van der Waals surface area contributed by atoms with Gasteiger partial charge in [0.2, 0.25) is 0 Å². The number of furan rings is 1. The van der Waals surface area contributed by atoms with Crippen LogP contribution in [0.15, 0.2) is 46.9 Å². The van der Waals surface area contributed by atoms with Crippen LogP contribution in [0.1, 0.15) is 43.7 Å². The Morgan fingerprint density at radius 2 is 2.06 bits per heavy atom. The van der Waals surface area contributed by atoms with Crippen molar-refractivity contribution >= 4 is 50.7 Å². The van der Waals surface area contributed by atoms with Crippen LogP contribution in [0.3, 0.4) is 0 Å². The minimum Gasteiger partial charge on any atom is -0.486 e. The number of carbonyl (C=O) groups is 2. The van der Waals surface area contributed by atoms with Crippen molar-refractivity contribution in [3.63, 3.8) is 0 Å². The van der Waals surface area contributed by atoms with Gasteiger partial charge in [0.15, 0.2) is 5.76 Å². The number of nitrogens with one attached hydrogen (secondary N) is 1. The number of fused-ring (bicyclic) bond motifs is 1. The summed E-state index contributed by atoms with van der Waals surface area (Å²) in [5.41, 5.74) is 5.54. The zero-order valence-electron chi connectivity index (χ0n) is 17.0. The lowest BCUT2D eigenvalue weighted by Gasteiger charge is -2.07. The smallest absolute Gasteiger partial charge is 0.291 e. The average Bonchev–Trinajstić information content (AvgIpc) is 3.37. The third kappa shape index (κ3) is 4.81. The molecule has 3 heterocycles. The number of alkyl halides is 2. The number of aryl methyl sites for hydroxylation is 1. The molecule has 4 rings (SSSR count). The van der Waals surface area contributed by atoms with E-state index in [1.54, 1.807) is 37.3 Å². The molecule has 3 N–H and O–H groups in total. The molecule has 0 saturated heterocycles. The highest BCUT2D eigenvalue weighted by atomic mass is 35.5. The first-order valence-electron chi connectivity index (χ1n) is 9.53. The van der Waals surface area contributed by atoms with Gasteiger partial charge in [0.25, 0.3) is 18.2 Å². The van der Waals surface area contributed by atoms with Crippen LogP contribution in [-0.2, 0) is 6.61 Å². The van der Waals surface area contributed by atoms with Crippen LogP contribution in [0.5, 0.6) is 5.75 Å². The van der Waals surface area contributed by atoms with Gasteiger partial charge in [-0.25, -0.2) is 13.8 Å². The molecule has 0 radical (unpaired) electrons. The normalized spacial score (nSPS) is 11.2. The van der Waals surface area contributed by atoms with Crippen LogP contribution in [0.2, 0.25) is 5.02 Å². The standard InChI is InChI=1S/C22H16ClF2N3O4S/c1-10-7-14(19(24)25)27-22-16(10)17(18(33-22)20(26)29)28-21(30)15-6-5-13(32-15)9-31-12-4-2-3-11(23)8-12/h2-8,19H,9H2,1H3,(H2,26,29)(H,28,30). The van der Waals surface area contributed by atoms with E-state index in [1.807, 2.05) is 0 Å². The lowest BCUT2D eigenvalue weighted by Crippen LogP contribution is -2.16. The number of pyridine rings is 1. The third-order valence-corrected chi connectivity index (χ3v) is 5.96. The SMILES string of the molecule is Cc1cc(C(F)F)nc2sc(C(N)=O)c(NC(=O)c3ccc(COc4cccc(Cl)c4)o3)c12. The molecule has 0 fully saturated rings. The highest BCUT2D eigenvalue weighted by molar-refractivity contribution is 7.21. The first-order valence-corrected chi connectivity index (χ1v) is 10.7. The van der Waals surface area contributed by atoms with Crippen molar-refractivity contribution in [3.8, 4) is 5.75 Å². The molecule has 0 aliphatic carbocycles. The van der Waals surface area contributed by atoms with Gasteiger partial charge in [0.05, 0.1) is 5.69 Å². The molecule has 2 amide bonds. The first-order chi connectivity index (χ1) is 15.7. The predicted octanol–water partition coefficient (Wildman–Crippen LogP) is 5.72. The highest BCUT2D eigenvalue weighted by Gasteiger charge is 2.24. The highest BCUT2D eigenvalue weighted by Crippen LogP contribution is 2.38. The monoisotopic (exact) mass is 491 g/mol. The number of aromatic nitrogens is 1. The number of ether oxygens (including phenoxy) is 1. The van der Waals surface area contributed by atoms with Crippen molar-refractivity contribution < 1.29 is 27.5 Å². The fourth-order valence-corrected chi connectivity index (χ4v) is 4.42. The van der Waals surface area contributed by atoms with Crippen LogP contribution in [0.4, 0.5) is 14.5 Å². The maximum atomic E-state index is 13.1. The molecule has 7 nitrogen and oxygen atoms in total. The molecule has 0 aliphatic rings. The summed E-state index contributed by atoms with van der Waals surface area (Å²) in [7, 11) is 0. The van der Waals surface area contributed by atoms with Crippen LogP contribution in [0, 0.1) is 6.92 Å². The summed E-state index contributed by atoms with van der Waals surface area (Å²) in [4.78, 5) is 28.8. The second-order valence-electron chi connectivity index (χ2n) is 6.98. The van der Waals surface area contributed by atoms with Crippen LogP contribution in [-0.4, -0.2) is 16.8 Å². The number of carbonyl (C=O) groups excluding carboxylic acids is 2. The minimum atomic E-state index is -2.78. The Balaban J connectivity index is 1.57.